The molecule has 0 radical (unpaired) electrons. The van der Waals surface area contributed by atoms with Gasteiger partial charge in [0.2, 0.25) is 0 Å². The number of hydrogen-bond acceptors (Lipinski definition) is 4. The van der Waals surface area contributed by atoms with Crippen molar-refractivity contribution >= 4 is 28.8 Å². The molecule has 0 saturated heterocycles. The highest BCUT2D eigenvalue weighted by Gasteiger charge is 2.13. The second-order valence-corrected chi connectivity index (χ2v) is 7.31. The molecule has 0 bridgehead atoms. The van der Waals surface area contributed by atoms with Gasteiger partial charge in [0.15, 0.2) is 5.78 Å². The summed E-state index contributed by atoms with van der Waals surface area (Å²) in [5.74, 6) is -0.242. The number of ether oxygens (including phenoxy) is 1. The molecule has 0 unspecified atom stereocenters. The first kappa shape index (κ1) is 21.4. The number of anilines is 2. The number of rotatable bonds is 8. The van der Waals surface area contributed by atoms with Crippen LogP contribution in [-0.4, -0.2) is 24.8 Å². The number of nitrogens with one attached hydrogen (secondary N) is 1. The zero-order valence-corrected chi connectivity index (χ0v) is 17.5. The third-order valence-corrected chi connectivity index (χ3v) is 4.45. The summed E-state index contributed by atoms with van der Waals surface area (Å²) < 4.78 is 20.0. The molecule has 154 valence electrons. The van der Waals surface area contributed by atoms with Crippen molar-refractivity contribution in [2.24, 2.45) is 0 Å². The average molecular weight is 425 g/mol. The zero-order valence-electron chi connectivity index (χ0n) is 16.7. The van der Waals surface area contributed by atoms with Gasteiger partial charge < -0.3 is 15.0 Å². The lowest BCUT2D eigenvalue weighted by molar-refractivity contribution is 0.104. The molecule has 0 aliphatic rings. The number of carbonyl (C=O) groups is 1. The van der Waals surface area contributed by atoms with E-state index < -0.39 is 5.82 Å². The zero-order chi connectivity index (χ0) is 21.5. The first-order valence-electron chi connectivity index (χ1n) is 9.34. The number of benzene rings is 3. The molecular formula is C24H22ClFN2O2. The second kappa shape index (κ2) is 9.94. The van der Waals surface area contributed by atoms with E-state index >= 15 is 0 Å². The van der Waals surface area contributed by atoms with Crippen LogP contribution >= 0.6 is 11.6 Å². The van der Waals surface area contributed by atoms with Crippen LogP contribution in [0.4, 0.5) is 15.8 Å². The van der Waals surface area contributed by atoms with Crippen LogP contribution in [-0.2, 0) is 6.61 Å². The van der Waals surface area contributed by atoms with Crippen molar-refractivity contribution in [2.75, 3.05) is 19.4 Å². The van der Waals surface area contributed by atoms with Gasteiger partial charge in [-0.3, -0.25) is 4.79 Å². The van der Waals surface area contributed by atoms with Gasteiger partial charge in [0, 0.05) is 37.1 Å². The van der Waals surface area contributed by atoms with Crippen LogP contribution in [0, 0.1) is 5.82 Å². The van der Waals surface area contributed by atoms with Gasteiger partial charge in [0.05, 0.1) is 11.3 Å². The summed E-state index contributed by atoms with van der Waals surface area (Å²) in [6, 6.07) is 19.2. The molecule has 3 aromatic rings. The summed E-state index contributed by atoms with van der Waals surface area (Å²) in [5.41, 5.74) is 2.19. The standard InChI is InChI=1S/C24H22ClFN2O2/c1-28(2)13-12-23(29)20-15-19(27-22-10-8-18(25)14-21(22)26)9-11-24(20)30-16-17-6-4-3-5-7-17/h3-15,27H,16H2,1-2H3. The SMILES string of the molecule is CN(C)C=CC(=O)c1cc(Nc2ccc(Cl)cc2F)ccc1OCc1ccccc1. The number of halogens is 2. The molecule has 0 heterocycles. The van der Waals surface area contributed by atoms with E-state index in [0.717, 1.165) is 5.56 Å². The number of hydrogen-bond donors (Lipinski definition) is 1. The molecule has 0 amide bonds. The van der Waals surface area contributed by atoms with Crippen LogP contribution in [0.15, 0.2) is 79.0 Å². The van der Waals surface area contributed by atoms with E-state index in [1.165, 1.54) is 12.1 Å². The third kappa shape index (κ3) is 5.84. The summed E-state index contributed by atoms with van der Waals surface area (Å²) in [5, 5.41) is 3.30. The Bertz CT molecular complexity index is 1050. The van der Waals surface area contributed by atoms with Crippen LogP contribution < -0.4 is 10.1 Å². The highest BCUT2D eigenvalue weighted by atomic mass is 35.5. The lowest BCUT2D eigenvalue weighted by Crippen LogP contribution is -2.06. The highest BCUT2D eigenvalue weighted by molar-refractivity contribution is 6.30. The predicted octanol–water partition coefficient (Wildman–Crippen LogP) is 6.06. The number of nitrogens with zero attached hydrogens (tertiary/aromatic N) is 1. The number of carbonyl (C=O) groups excluding carboxylic acids is 1. The van der Waals surface area contributed by atoms with Crippen molar-refractivity contribution in [3.05, 3.63) is 101 Å². The van der Waals surface area contributed by atoms with Crippen molar-refractivity contribution < 1.29 is 13.9 Å². The molecule has 4 nitrogen and oxygen atoms in total. The predicted molar refractivity (Wildman–Crippen MR) is 119 cm³/mol. The monoisotopic (exact) mass is 424 g/mol. The van der Waals surface area contributed by atoms with Crippen molar-refractivity contribution in [1.82, 2.24) is 4.90 Å². The van der Waals surface area contributed by atoms with E-state index in [-0.39, 0.29) is 11.5 Å². The molecule has 0 aliphatic heterocycles. The first-order valence-corrected chi connectivity index (χ1v) is 9.72. The fourth-order valence-electron chi connectivity index (χ4n) is 2.71. The molecule has 0 fully saturated rings. The largest absolute Gasteiger partial charge is 0.488 e. The van der Waals surface area contributed by atoms with Crippen molar-refractivity contribution in [1.29, 1.82) is 0 Å². The fraction of sp³-hybridized carbons (Fsp3) is 0.125. The van der Waals surface area contributed by atoms with E-state index in [1.807, 2.05) is 44.4 Å². The summed E-state index contributed by atoms with van der Waals surface area (Å²) in [6.07, 6.45) is 3.14. The van der Waals surface area contributed by atoms with Gasteiger partial charge in [0.1, 0.15) is 18.2 Å². The topological polar surface area (TPSA) is 41.6 Å². The van der Waals surface area contributed by atoms with E-state index in [0.29, 0.717) is 28.6 Å². The Hall–Kier alpha value is -3.31. The van der Waals surface area contributed by atoms with Gasteiger partial charge in [-0.15, -0.1) is 0 Å². The summed E-state index contributed by atoms with van der Waals surface area (Å²) in [6.45, 7) is 0.330. The van der Waals surface area contributed by atoms with Gasteiger partial charge >= 0.3 is 0 Å². The maximum Gasteiger partial charge on any atom is 0.191 e. The lowest BCUT2D eigenvalue weighted by atomic mass is 10.1. The molecular weight excluding hydrogens is 403 g/mol. The molecule has 0 aromatic heterocycles. The van der Waals surface area contributed by atoms with E-state index in [4.69, 9.17) is 16.3 Å². The van der Waals surface area contributed by atoms with Gasteiger partial charge in [0.25, 0.3) is 0 Å². The summed E-state index contributed by atoms with van der Waals surface area (Å²) in [4.78, 5) is 14.6. The maximum absolute atomic E-state index is 14.1. The Labute approximate surface area is 180 Å². The van der Waals surface area contributed by atoms with Gasteiger partial charge in [-0.2, -0.15) is 0 Å². The Morgan fingerprint density at radius 1 is 1.10 bits per heavy atom. The van der Waals surface area contributed by atoms with E-state index in [2.05, 4.69) is 5.32 Å². The Kier molecular flexibility index (Phi) is 7.09. The average Bonchev–Trinajstić information content (AvgIpc) is 2.73. The van der Waals surface area contributed by atoms with Gasteiger partial charge in [-0.1, -0.05) is 41.9 Å². The first-order chi connectivity index (χ1) is 14.4. The second-order valence-electron chi connectivity index (χ2n) is 6.88. The van der Waals surface area contributed by atoms with Gasteiger partial charge in [-0.25, -0.2) is 4.39 Å². The minimum atomic E-state index is -0.479. The van der Waals surface area contributed by atoms with Crippen LogP contribution in [0.1, 0.15) is 15.9 Å². The van der Waals surface area contributed by atoms with Crippen LogP contribution in [0.2, 0.25) is 5.02 Å². The molecule has 30 heavy (non-hydrogen) atoms. The van der Waals surface area contributed by atoms with Crippen LogP contribution in [0.25, 0.3) is 0 Å². The smallest absolute Gasteiger partial charge is 0.191 e. The van der Waals surface area contributed by atoms with Crippen molar-refractivity contribution in [2.45, 2.75) is 6.61 Å². The summed E-state index contributed by atoms with van der Waals surface area (Å²) >= 11 is 5.81. The minimum absolute atomic E-state index is 0.216. The molecule has 0 aliphatic carbocycles. The van der Waals surface area contributed by atoms with E-state index in [1.54, 1.807) is 41.4 Å². The quantitative estimate of drug-likeness (QED) is 0.352. The molecule has 3 aromatic carbocycles. The van der Waals surface area contributed by atoms with Crippen LogP contribution in [0.5, 0.6) is 5.75 Å². The molecule has 0 atom stereocenters. The molecule has 0 spiro atoms. The molecule has 1 N–H and O–H groups in total. The number of ketones is 1. The fourth-order valence-corrected chi connectivity index (χ4v) is 2.87. The van der Waals surface area contributed by atoms with Crippen molar-refractivity contribution in [3.8, 4) is 5.75 Å². The van der Waals surface area contributed by atoms with E-state index in [9.17, 15) is 9.18 Å². The molecule has 3 rings (SSSR count). The van der Waals surface area contributed by atoms with Crippen molar-refractivity contribution in [3.63, 3.8) is 0 Å². The Balaban J connectivity index is 1.88. The molecule has 0 saturated carbocycles. The summed E-state index contributed by atoms with van der Waals surface area (Å²) in [7, 11) is 3.66. The normalized spacial score (nSPS) is 10.8. The third-order valence-electron chi connectivity index (χ3n) is 4.22. The number of allylic oxidation sites excluding steroid dienone is 1. The maximum atomic E-state index is 14.1. The Morgan fingerprint density at radius 3 is 2.57 bits per heavy atom. The van der Waals surface area contributed by atoms with Gasteiger partial charge in [-0.05, 0) is 42.0 Å². The molecule has 6 heteroatoms. The highest BCUT2D eigenvalue weighted by Crippen LogP contribution is 2.28. The minimum Gasteiger partial charge on any atom is -0.488 e. The van der Waals surface area contributed by atoms with Crippen LogP contribution in [0.3, 0.4) is 0 Å². The Morgan fingerprint density at radius 2 is 1.87 bits per heavy atom. The lowest BCUT2D eigenvalue weighted by Gasteiger charge is -2.14.